The molecule has 0 bridgehead atoms. The van der Waals surface area contributed by atoms with Crippen molar-refractivity contribution in [3.8, 4) is 0 Å². The number of hydrogen-bond acceptors (Lipinski definition) is 2. The molecule has 0 fully saturated rings. The first kappa shape index (κ1) is 18.2. The van der Waals surface area contributed by atoms with Crippen molar-refractivity contribution in [3.05, 3.63) is 35.4 Å². The van der Waals surface area contributed by atoms with Crippen molar-refractivity contribution in [2.45, 2.75) is 77.2 Å². The molecule has 0 aliphatic rings. The third-order valence-electron chi connectivity index (χ3n) is 4.43. The Morgan fingerprint density at radius 2 is 1.62 bits per heavy atom. The summed E-state index contributed by atoms with van der Waals surface area (Å²) in [4.78, 5) is 0. The minimum atomic E-state index is -0.881. The molecule has 0 aliphatic carbocycles. The fraction of sp³-hybridized carbons (Fsp3) is 0.684. The largest absolute Gasteiger partial charge is 0.396 e. The smallest absolute Gasteiger partial charge is 0.0918 e. The molecule has 0 saturated heterocycles. The van der Waals surface area contributed by atoms with Gasteiger partial charge in [-0.05, 0) is 30.4 Å². The minimum absolute atomic E-state index is 0.0235. The molecule has 0 aliphatic heterocycles. The van der Waals surface area contributed by atoms with Gasteiger partial charge in [0.1, 0.15) is 0 Å². The van der Waals surface area contributed by atoms with E-state index in [0.717, 1.165) is 12.0 Å². The molecule has 0 aromatic heterocycles. The molecule has 2 heteroatoms. The van der Waals surface area contributed by atoms with E-state index < -0.39 is 5.60 Å². The fourth-order valence-electron chi connectivity index (χ4n) is 2.97. The van der Waals surface area contributed by atoms with Gasteiger partial charge < -0.3 is 10.2 Å². The number of aliphatic hydroxyl groups excluding tert-OH is 1. The van der Waals surface area contributed by atoms with Gasteiger partial charge in [0, 0.05) is 13.0 Å². The maximum Gasteiger partial charge on any atom is 0.0918 e. The molecule has 0 amide bonds. The molecule has 0 spiro atoms. The Bertz CT molecular complexity index is 389. The topological polar surface area (TPSA) is 40.5 Å². The van der Waals surface area contributed by atoms with E-state index in [-0.39, 0.29) is 6.61 Å². The van der Waals surface area contributed by atoms with E-state index in [1.165, 1.54) is 44.1 Å². The first-order valence-corrected chi connectivity index (χ1v) is 8.59. The molecule has 21 heavy (non-hydrogen) atoms. The second kappa shape index (κ2) is 9.97. The van der Waals surface area contributed by atoms with Gasteiger partial charge in [0.25, 0.3) is 0 Å². The second-order valence-corrected chi connectivity index (χ2v) is 6.03. The quantitative estimate of drug-likeness (QED) is 0.587. The molecule has 2 nitrogen and oxygen atoms in total. The number of benzene rings is 1. The summed E-state index contributed by atoms with van der Waals surface area (Å²) >= 11 is 0. The van der Waals surface area contributed by atoms with Crippen LogP contribution in [0.2, 0.25) is 0 Å². The average molecular weight is 292 g/mol. The Balaban J connectivity index is 2.62. The number of aliphatic hydroxyl groups is 2. The Labute approximate surface area is 130 Å². The van der Waals surface area contributed by atoms with Crippen molar-refractivity contribution >= 4 is 0 Å². The highest BCUT2D eigenvalue weighted by molar-refractivity contribution is 5.32. The highest BCUT2D eigenvalue weighted by Gasteiger charge is 2.28. The Morgan fingerprint density at radius 1 is 0.952 bits per heavy atom. The van der Waals surface area contributed by atoms with E-state index in [1.807, 2.05) is 25.1 Å². The minimum Gasteiger partial charge on any atom is -0.396 e. The van der Waals surface area contributed by atoms with E-state index in [9.17, 15) is 10.2 Å². The average Bonchev–Trinajstić information content (AvgIpc) is 2.51. The van der Waals surface area contributed by atoms with Gasteiger partial charge in [0.05, 0.1) is 5.60 Å². The van der Waals surface area contributed by atoms with Crippen LogP contribution >= 0.6 is 0 Å². The molecular formula is C19H32O2. The van der Waals surface area contributed by atoms with Gasteiger partial charge in [0.15, 0.2) is 0 Å². The van der Waals surface area contributed by atoms with Crippen LogP contribution in [0.3, 0.4) is 0 Å². The fourth-order valence-corrected chi connectivity index (χ4v) is 2.97. The van der Waals surface area contributed by atoms with Gasteiger partial charge in [0.2, 0.25) is 0 Å². The summed E-state index contributed by atoms with van der Waals surface area (Å²) in [5.41, 5.74) is 1.37. The van der Waals surface area contributed by atoms with Crippen molar-refractivity contribution in [2.24, 2.45) is 0 Å². The zero-order valence-electron chi connectivity index (χ0n) is 13.8. The molecule has 1 aromatic carbocycles. The summed E-state index contributed by atoms with van der Waals surface area (Å²) < 4.78 is 0. The molecule has 1 atom stereocenters. The molecule has 0 saturated carbocycles. The van der Waals surface area contributed by atoms with Crippen molar-refractivity contribution < 1.29 is 10.2 Å². The van der Waals surface area contributed by atoms with Gasteiger partial charge in [-0.2, -0.15) is 0 Å². The number of aryl methyl sites for hydroxylation is 1. The molecule has 2 N–H and O–H groups in total. The van der Waals surface area contributed by atoms with Crippen LogP contribution in [0, 0.1) is 0 Å². The highest BCUT2D eigenvalue weighted by atomic mass is 16.3. The molecule has 120 valence electrons. The molecule has 1 rings (SSSR count). The van der Waals surface area contributed by atoms with Crippen molar-refractivity contribution in [2.75, 3.05) is 6.61 Å². The third-order valence-corrected chi connectivity index (χ3v) is 4.43. The Hall–Kier alpha value is -0.860. The lowest BCUT2D eigenvalue weighted by molar-refractivity contribution is 0.00699. The zero-order chi connectivity index (χ0) is 15.6. The predicted octanol–water partition coefficient (Wildman–Crippen LogP) is 4.57. The van der Waals surface area contributed by atoms with Crippen LogP contribution in [0.5, 0.6) is 0 Å². The zero-order valence-corrected chi connectivity index (χ0v) is 13.8. The second-order valence-electron chi connectivity index (χ2n) is 6.03. The van der Waals surface area contributed by atoms with Gasteiger partial charge >= 0.3 is 0 Å². The van der Waals surface area contributed by atoms with E-state index in [4.69, 9.17) is 0 Å². The predicted molar refractivity (Wildman–Crippen MR) is 89.4 cm³/mol. The van der Waals surface area contributed by atoms with Gasteiger partial charge in [-0.15, -0.1) is 0 Å². The highest BCUT2D eigenvalue weighted by Crippen LogP contribution is 2.31. The van der Waals surface area contributed by atoms with Crippen molar-refractivity contribution in [1.29, 1.82) is 0 Å². The summed E-state index contributed by atoms with van der Waals surface area (Å²) in [5, 5.41) is 20.0. The van der Waals surface area contributed by atoms with Crippen LogP contribution in [0.4, 0.5) is 0 Å². The number of rotatable bonds is 11. The lowest BCUT2D eigenvalue weighted by atomic mass is 9.83. The standard InChI is InChI=1S/C19H32O2/c1-3-5-6-7-8-9-12-17-13-10-11-14-18(17)19(21,4-2)15-16-20/h10-11,13-14,20-21H,3-9,12,15-16H2,1-2H3. The Morgan fingerprint density at radius 3 is 2.29 bits per heavy atom. The van der Waals surface area contributed by atoms with Crippen LogP contribution in [0.15, 0.2) is 24.3 Å². The van der Waals surface area contributed by atoms with E-state index >= 15 is 0 Å². The SMILES string of the molecule is CCCCCCCCc1ccccc1C(O)(CC)CCO. The maximum absolute atomic E-state index is 10.8. The molecule has 1 unspecified atom stereocenters. The Kier molecular flexibility index (Phi) is 8.63. The van der Waals surface area contributed by atoms with Crippen LogP contribution in [-0.2, 0) is 12.0 Å². The van der Waals surface area contributed by atoms with E-state index in [0.29, 0.717) is 12.8 Å². The van der Waals surface area contributed by atoms with E-state index in [2.05, 4.69) is 13.0 Å². The first-order chi connectivity index (χ1) is 10.2. The lowest BCUT2D eigenvalue weighted by Crippen LogP contribution is -2.27. The van der Waals surface area contributed by atoms with Gasteiger partial charge in [-0.1, -0.05) is 70.2 Å². The van der Waals surface area contributed by atoms with Crippen LogP contribution in [0.25, 0.3) is 0 Å². The monoisotopic (exact) mass is 292 g/mol. The normalized spacial score (nSPS) is 14.1. The molecule has 0 heterocycles. The maximum atomic E-state index is 10.8. The molecular weight excluding hydrogens is 260 g/mol. The van der Waals surface area contributed by atoms with Crippen LogP contribution in [-0.4, -0.2) is 16.8 Å². The summed E-state index contributed by atoms with van der Waals surface area (Å²) in [6.45, 7) is 4.25. The lowest BCUT2D eigenvalue weighted by Gasteiger charge is -2.29. The van der Waals surface area contributed by atoms with Crippen LogP contribution in [0.1, 0.15) is 76.3 Å². The summed E-state index contributed by atoms with van der Waals surface area (Å²) in [6.07, 6.45) is 9.79. The van der Waals surface area contributed by atoms with Gasteiger partial charge in [-0.3, -0.25) is 0 Å². The summed E-state index contributed by atoms with van der Waals surface area (Å²) in [6, 6.07) is 8.17. The van der Waals surface area contributed by atoms with Gasteiger partial charge in [-0.25, -0.2) is 0 Å². The first-order valence-electron chi connectivity index (χ1n) is 8.59. The summed E-state index contributed by atoms with van der Waals surface area (Å²) in [7, 11) is 0. The number of unbranched alkanes of at least 4 members (excludes halogenated alkanes) is 5. The van der Waals surface area contributed by atoms with Crippen molar-refractivity contribution in [1.82, 2.24) is 0 Å². The van der Waals surface area contributed by atoms with Crippen LogP contribution < -0.4 is 0 Å². The van der Waals surface area contributed by atoms with Crippen molar-refractivity contribution in [3.63, 3.8) is 0 Å². The molecule has 0 radical (unpaired) electrons. The molecule has 1 aromatic rings. The van der Waals surface area contributed by atoms with E-state index in [1.54, 1.807) is 0 Å². The summed E-state index contributed by atoms with van der Waals surface area (Å²) in [5.74, 6) is 0. The third kappa shape index (κ3) is 5.80. The number of hydrogen-bond donors (Lipinski definition) is 2.